The van der Waals surface area contributed by atoms with Gasteiger partial charge in [0.25, 0.3) is 11.7 Å². The van der Waals surface area contributed by atoms with Gasteiger partial charge in [-0.15, -0.1) is 0 Å². The van der Waals surface area contributed by atoms with E-state index in [9.17, 15) is 14.4 Å². The maximum Gasteiger partial charge on any atom is 0.296 e. The van der Waals surface area contributed by atoms with Crippen molar-refractivity contribution < 1.29 is 14.4 Å². The number of thioether (sulfide) groups is 1. The van der Waals surface area contributed by atoms with E-state index in [0.29, 0.717) is 22.4 Å². The van der Waals surface area contributed by atoms with Crippen molar-refractivity contribution in [2.45, 2.75) is 0 Å². The predicted molar refractivity (Wildman–Crippen MR) is 76.3 cm³/mol. The van der Waals surface area contributed by atoms with Crippen LogP contribution < -0.4 is 5.32 Å². The smallest absolute Gasteiger partial charge is 0.296 e. The predicted octanol–water partition coefficient (Wildman–Crippen LogP) is 1.62. The SMILES string of the molecule is O=C1C=C(NC(=O)C(=O)c2c[nH]c3ccccc23)CS1. The van der Waals surface area contributed by atoms with Crippen molar-refractivity contribution in [3.63, 3.8) is 0 Å². The second-order valence-corrected chi connectivity index (χ2v) is 5.29. The first-order chi connectivity index (χ1) is 9.65. The van der Waals surface area contributed by atoms with E-state index in [1.165, 1.54) is 12.3 Å². The van der Waals surface area contributed by atoms with Crippen LogP contribution in [0.4, 0.5) is 0 Å². The van der Waals surface area contributed by atoms with E-state index in [4.69, 9.17) is 0 Å². The molecule has 100 valence electrons. The molecule has 0 unspecified atom stereocenters. The summed E-state index contributed by atoms with van der Waals surface area (Å²) in [4.78, 5) is 38.1. The lowest BCUT2D eigenvalue weighted by atomic mass is 10.1. The van der Waals surface area contributed by atoms with Crippen LogP contribution in [0.25, 0.3) is 10.9 Å². The number of aromatic nitrogens is 1. The second-order valence-electron chi connectivity index (χ2n) is 4.31. The Morgan fingerprint density at radius 1 is 1.25 bits per heavy atom. The maximum absolute atomic E-state index is 12.1. The molecular formula is C14H10N2O3S. The van der Waals surface area contributed by atoms with Gasteiger partial charge in [0, 0.05) is 34.6 Å². The van der Waals surface area contributed by atoms with Crippen LogP contribution in [0.5, 0.6) is 0 Å². The Hall–Kier alpha value is -2.34. The Morgan fingerprint density at radius 2 is 2.05 bits per heavy atom. The minimum atomic E-state index is -0.726. The zero-order valence-electron chi connectivity index (χ0n) is 10.3. The molecule has 1 amide bonds. The number of H-pyrrole nitrogens is 1. The first-order valence-electron chi connectivity index (χ1n) is 5.94. The summed E-state index contributed by atoms with van der Waals surface area (Å²) in [5, 5.41) is 3.07. The van der Waals surface area contributed by atoms with Crippen molar-refractivity contribution in [3.8, 4) is 0 Å². The van der Waals surface area contributed by atoms with Gasteiger partial charge in [0.05, 0.1) is 5.56 Å². The number of nitrogens with one attached hydrogen (secondary N) is 2. The molecule has 2 heterocycles. The van der Waals surface area contributed by atoms with Crippen molar-refractivity contribution in [3.05, 3.63) is 47.8 Å². The van der Waals surface area contributed by atoms with Crippen LogP contribution in [0.3, 0.4) is 0 Å². The minimum absolute atomic E-state index is 0.111. The fourth-order valence-electron chi connectivity index (χ4n) is 2.03. The molecular weight excluding hydrogens is 276 g/mol. The number of benzene rings is 1. The van der Waals surface area contributed by atoms with Crippen LogP contribution in [0.2, 0.25) is 0 Å². The lowest BCUT2D eigenvalue weighted by Crippen LogP contribution is -2.30. The van der Waals surface area contributed by atoms with Crippen LogP contribution >= 0.6 is 11.8 Å². The summed E-state index contributed by atoms with van der Waals surface area (Å²) < 4.78 is 0. The standard InChI is InChI=1S/C14H10N2O3S/c17-12-5-8(7-20-12)16-14(19)13(18)10-6-15-11-4-2-1-3-9(10)11/h1-6,15H,7H2,(H,16,19). The third-order valence-electron chi connectivity index (χ3n) is 2.98. The van der Waals surface area contributed by atoms with Gasteiger partial charge in [-0.25, -0.2) is 0 Å². The highest BCUT2D eigenvalue weighted by Gasteiger charge is 2.22. The van der Waals surface area contributed by atoms with Gasteiger partial charge in [0.15, 0.2) is 0 Å². The van der Waals surface area contributed by atoms with Crippen LogP contribution in [0.1, 0.15) is 10.4 Å². The van der Waals surface area contributed by atoms with Gasteiger partial charge in [-0.1, -0.05) is 30.0 Å². The Bertz CT molecular complexity index is 761. The number of fused-ring (bicyclic) bond motifs is 1. The highest BCUT2D eigenvalue weighted by molar-refractivity contribution is 8.14. The van der Waals surface area contributed by atoms with Gasteiger partial charge in [-0.3, -0.25) is 14.4 Å². The molecule has 1 aromatic heterocycles. The van der Waals surface area contributed by atoms with Crippen molar-refractivity contribution in [1.29, 1.82) is 0 Å². The van der Waals surface area contributed by atoms with Gasteiger partial charge in [0.2, 0.25) is 5.12 Å². The Labute approximate surface area is 118 Å². The summed E-state index contributed by atoms with van der Waals surface area (Å²) in [7, 11) is 0. The first-order valence-corrected chi connectivity index (χ1v) is 6.93. The summed E-state index contributed by atoms with van der Waals surface area (Å²) in [6.45, 7) is 0. The quantitative estimate of drug-likeness (QED) is 0.664. The number of Topliss-reactive ketones (excluding diaryl/α,β-unsaturated/α-hetero) is 1. The zero-order valence-corrected chi connectivity index (χ0v) is 11.1. The summed E-state index contributed by atoms with van der Waals surface area (Å²) in [6, 6.07) is 7.26. The number of carbonyl (C=O) groups is 3. The van der Waals surface area contributed by atoms with Crippen molar-refractivity contribution in [2.24, 2.45) is 0 Å². The zero-order chi connectivity index (χ0) is 14.1. The highest BCUT2D eigenvalue weighted by atomic mass is 32.2. The van der Waals surface area contributed by atoms with E-state index >= 15 is 0 Å². The van der Waals surface area contributed by atoms with Gasteiger partial charge < -0.3 is 10.3 Å². The van der Waals surface area contributed by atoms with Gasteiger partial charge >= 0.3 is 0 Å². The molecule has 0 spiro atoms. The van der Waals surface area contributed by atoms with Crippen LogP contribution in [0.15, 0.2) is 42.2 Å². The molecule has 1 aliphatic rings. The third kappa shape index (κ3) is 2.25. The lowest BCUT2D eigenvalue weighted by molar-refractivity contribution is -0.116. The number of para-hydroxylation sites is 1. The van der Waals surface area contributed by atoms with Crippen LogP contribution in [0, 0.1) is 0 Å². The summed E-state index contributed by atoms with van der Waals surface area (Å²) in [5.74, 6) is -0.949. The summed E-state index contributed by atoms with van der Waals surface area (Å²) in [5.41, 5.74) is 1.60. The largest absolute Gasteiger partial charge is 0.360 e. The topological polar surface area (TPSA) is 79.0 Å². The van der Waals surface area contributed by atoms with E-state index in [1.807, 2.05) is 12.1 Å². The number of ketones is 1. The van der Waals surface area contributed by atoms with Gasteiger partial charge in [0.1, 0.15) is 0 Å². The molecule has 2 aromatic rings. The van der Waals surface area contributed by atoms with Crippen molar-refractivity contribution in [2.75, 3.05) is 5.75 Å². The monoisotopic (exact) mass is 286 g/mol. The van der Waals surface area contributed by atoms with E-state index < -0.39 is 11.7 Å². The van der Waals surface area contributed by atoms with E-state index in [-0.39, 0.29) is 5.12 Å². The van der Waals surface area contributed by atoms with Gasteiger partial charge in [-0.05, 0) is 6.07 Å². The highest BCUT2D eigenvalue weighted by Crippen LogP contribution is 2.19. The average molecular weight is 286 g/mol. The molecule has 0 saturated heterocycles. The molecule has 1 aliphatic heterocycles. The third-order valence-corrected chi connectivity index (χ3v) is 3.83. The molecule has 0 radical (unpaired) electrons. The number of amides is 1. The molecule has 0 atom stereocenters. The molecule has 0 fully saturated rings. The molecule has 20 heavy (non-hydrogen) atoms. The first kappa shape index (κ1) is 12.7. The molecule has 0 bridgehead atoms. The number of aromatic amines is 1. The molecule has 0 saturated carbocycles. The number of hydrogen-bond acceptors (Lipinski definition) is 4. The van der Waals surface area contributed by atoms with E-state index in [1.54, 1.807) is 12.1 Å². The number of carbonyl (C=O) groups excluding carboxylic acids is 3. The fraction of sp³-hybridized carbons (Fsp3) is 0.0714. The lowest BCUT2D eigenvalue weighted by Gasteiger charge is -2.03. The van der Waals surface area contributed by atoms with Crippen molar-refractivity contribution in [1.82, 2.24) is 10.3 Å². The normalized spacial score (nSPS) is 14.4. The minimum Gasteiger partial charge on any atom is -0.360 e. The van der Waals surface area contributed by atoms with Gasteiger partial charge in [-0.2, -0.15) is 0 Å². The van der Waals surface area contributed by atoms with E-state index in [0.717, 1.165) is 17.3 Å². The number of hydrogen-bond donors (Lipinski definition) is 2. The van der Waals surface area contributed by atoms with E-state index in [2.05, 4.69) is 10.3 Å². The Kier molecular flexibility index (Phi) is 3.15. The summed E-state index contributed by atoms with van der Waals surface area (Å²) >= 11 is 1.10. The molecule has 1 aromatic carbocycles. The molecule has 6 heteroatoms. The molecule has 5 nitrogen and oxygen atoms in total. The molecule has 0 aliphatic carbocycles. The molecule has 2 N–H and O–H groups in total. The second kappa shape index (κ2) is 4.97. The number of rotatable bonds is 3. The maximum atomic E-state index is 12.1. The molecule has 3 rings (SSSR count). The van der Waals surface area contributed by atoms with Crippen molar-refractivity contribution >= 4 is 39.5 Å². The van der Waals surface area contributed by atoms with Crippen LogP contribution in [-0.2, 0) is 9.59 Å². The summed E-state index contributed by atoms with van der Waals surface area (Å²) in [6.07, 6.45) is 2.86. The average Bonchev–Trinajstić information content (AvgIpc) is 3.04. The Balaban J connectivity index is 1.83. The van der Waals surface area contributed by atoms with Crippen LogP contribution in [-0.4, -0.2) is 27.5 Å². The fourth-order valence-corrected chi connectivity index (χ4v) is 2.71. The Morgan fingerprint density at radius 3 is 2.80 bits per heavy atom.